The Morgan fingerprint density at radius 3 is 2.53 bits per heavy atom. The lowest BCUT2D eigenvalue weighted by atomic mass is 10.2. The molecule has 1 rings (SSSR count). The molecule has 0 saturated carbocycles. The lowest BCUT2D eigenvalue weighted by molar-refractivity contribution is -0.136. The van der Waals surface area contributed by atoms with Crippen LogP contribution in [0.2, 0.25) is 0 Å². The van der Waals surface area contributed by atoms with Crippen LogP contribution in [-0.2, 0) is 9.53 Å². The fourth-order valence-electron chi connectivity index (χ4n) is 1.15. The molecule has 84 valence electrons. The summed E-state index contributed by atoms with van der Waals surface area (Å²) in [5.74, 6) is 0. The summed E-state index contributed by atoms with van der Waals surface area (Å²) in [6.45, 7) is 0. The van der Waals surface area contributed by atoms with Gasteiger partial charge in [-0.3, -0.25) is 4.79 Å². The highest BCUT2D eigenvalue weighted by atomic mass is 19.4. The summed E-state index contributed by atoms with van der Waals surface area (Å²) in [6, 6.07) is 0. The molecule has 0 bridgehead atoms. The number of epoxide rings is 1. The molecule has 0 N–H and O–H groups in total. The molecule has 1 aliphatic heterocycles. The van der Waals surface area contributed by atoms with Crippen LogP contribution < -0.4 is 0 Å². The van der Waals surface area contributed by atoms with Gasteiger partial charge in [0.15, 0.2) is 0 Å². The molecule has 1 heterocycles. The number of aldehydes is 1. The maximum atomic E-state index is 11.8. The lowest BCUT2D eigenvalue weighted by Gasteiger charge is -2.02. The average molecular weight is 220 g/mol. The highest BCUT2D eigenvalue weighted by Gasteiger charge is 2.39. The van der Waals surface area contributed by atoms with E-state index < -0.39 is 12.6 Å². The third-order valence-corrected chi connectivity index (χ3v) is 1.94. The van der Waals surface area contributed by atoms with E-state index in [1.165, 1.54) is 12.2 Å². The SMILES string of the molecule is O=C/C=C/C=C\[C@H]1OC1CCC(F)(F)F. The Kier molecular flexibility index (Phi) is 4.08. The van der Waals surface area contributed by atoms with Crippen LogP contribution in [0.25, 0.3) is 0 Å². The second-order valence-electron chi connectivity index (χ2n) is 3.20. The van der Waals surface area contributed by atoms with E-state index in [2.05, 4.69) is 0 Å². The third-order valence-electron chi connectivity index (χ3n) is 1.94. The summed E-state index contributed by atoms with van der Waals surface area (Å²) >= 11 is 0. The smallest absolute Gasteiger partial charge is 0.365 e. The molecule has 0 aromatic heterocycles. The van der Waals surface area contributed by atoms with Crippen molar-refractivity contribution in [1.29, 1.82) is 0 Å². The van der Waals surface area contributed by atoms with Crippen LogP contribution in [0.3, 0.4) is 0 Å². The zero-order chi connectivity index (χ0) is 11.3. The molecule has 1 fully saturated rings. The molecule has 2 atom stereocenters. The lowest BCUT2D eigenvalue weighted by Crippen LogP contribution is -2.08. The molecule has 1 aliphatic rings. The van der Waals surface area contributed by atoms with Gasteiger partial charge < -0.3 is 4.74 Å². The molecule has 0 amide bonds. The Morgan fingerprint density at radius 2 is 1.93 bits per heavy atom. The van der Waals surface area contributed by atoms with E-state index in [9.17, 15) is 18.0 Å². The van der Waals surface area contributed by atoms with Crippen LogP contribution in [0.15, 0.2) is 24.3 Å². The van der Waals surface area contributed by atoms with Crippen LogP contribution in [0.4, 0.5) is 13.2 Å². The monoisotopic (exact) mass is 220 g/mol. The largest absolute Gasteiger partial charge is 0.389 e. The number of ether oxygens (including phenoxy) is 1. The Labute approximate surface area is 85.4 Å². The zero-order valence-electron chi connectivity index (χ0n) is 7.91. The topological polar surface area (TPSA) is 29.6 Å². The summed E-state index contributed by atoms with van der Waals surface area (Å²) in [5, 5.41) is 0. The van der Waals surface area contributed by atoms with Crippen molar-refractivity contribution in [3.8, 4) is 0 Å². The van der Waals surface area contributed by atoms with E-state index in [4.69, 9.17) is 4.74 Å². The van der Waals surface area contributed by atoms with Gasteiger partial charge in [-0.2, -0.15) is 13.2 Å². The molecule has 15 heavy (non-hydrogen) atoms. The number of allylic oxidation sites excluding steroid dienone is 3. The van der Waals surface area contributed by atoms with Crippen molar-refractivity contribution in [2.24, 2.45) is 0 Å². The Hall–Kier alpha value is -1.10. The average Bonchev–Trinajstić information content (AvgIpc) is 2.87. The van der Waals surface area contributed by atoms with E-state index in [1.807, 2.05) is 0 Å². The first kappa shape index (κ1) is 12.0. The third kappa shape index (κ3) is 5.37. The van der Waals surface area contributed by atoms with Crippen molar-refractivity contribution < 1.29 is 22.7 Å². The van der Waals surface area contributed by atoms with Gasteiger partial charge in [0.2, 0.25) is 0 Å². The second kappa shape index (κ2) is 5.11. The molecule has 0 aromatic carbocycles. The maximum Gasteiger partial charge on any atom is 0.389 e. The first-order valence-electron chi connectivity index (χ1n) is 4.54. The minimum atomic E-state index is -4.11. The van der Waals surface area contributed by atoms with E-state index in [0.717, 1.165) is 0 Å². The van der Waals surface area contributed by atoms with Crippen molar-refractivity contribution in [2.75, 3.05) is 0 Å². The van der Waals surface area contributed by atoms with Crippen LogP contribution in [0, 0.1) is 0 Å². The van der Waals surface area contributed by atoms with Gasteiger partial charge in [0, 0.05) is 6.42 Å². The van der Waals surface area contributed by atoms with Crippen LogP contribution in [-0.4, -0.2) is 24.7 Å². The van der Waals surface area contributed by atoms with Gasteiger partial charge in [-0.25, -0.2) is 0 Å². The number of rotatable bonds is 5. The molecule has 0 aliphatic carbocycles. The number of hydrogen-bond acceptors (Lipinski definition) is 2. The molecule has 2 nitrogen and oxygen atoms in total. The number of halogens is 3. The molecule has 0 radical (unpaired) electrons. The Bertz CT molecular complexity index is 268. The molecule has 1 saturated heterocycles. The summed E-state index contributed by atoms with van der Waals surface area (Å²) in [7, 11) is 0. The van der Waals surface area contributed by atoms with Gasteiger partial charge >= 0.3 is 6.18 Å². The first-order valence-corrected chi connectivity index (χ1v) is 4.54. The molecule has 0 aromatic rings. The molecule has 5 heteroatoms. The van der Waals surface area contributed by atoms with E-state index in [1.54, 1.807) is 12.2 Å². The number of hydrogen-bond donors (Lipinski definition) is 0. The van der Waals surface area contributed by atoms with E-state index in [-0.39, 0.29) is 18.6 Å². The highest BCUT2D eigenvalue weighted by Crippen LogP contribution is 2.32. The number of carbonyl (C=O) groups excluding carboxylic acids is 1. The maximum absolute atomic E-state index is 11.8. The second-order valence-corrected chi connectivity index (χ2v) is 3.20. The zero-order valence-corrected chi connectivity index (χ0v) is 7.91. The van der Waals surface area contributed by atoms with Crippen LogP contribution in [0.5, 0.6) is 0 Å². The predicted molar refractivity (Wildman–Crippen MR) is 48.3 cm³/mol. The van der Waals surface area contributed by atoms with Gasteiger partial charge in [-0.05, 0) is 12.5 Å². The fourth-order valence-corrected chi connectivity index (χ4v) is 1.15. The summed E-state index contributed by atoms with van der Waals surface area (Å²) in [5.41, 5.74) is 0. The normalized spacial score (nSPS) is 26.3. The van der Waals surface area contributed by atoms with Gasteiger partial charge in [0.05, 0.1) is 6.10 Å². The predicted octanol–water partition coefficient (Wildman–Crippen LogP) is 2.41. The quantitative estimate of drug-likeness (QED) is 0.308. The summed E-state index contributed by atoms with van der Waals surface area (Å²) < 4.78 is 40.4. The summed E-state index contributed by atoms with van der Waals surface area (Å²) in [6.07, 6.45) is 1.17. The molecular formula is C10H11F3O2. The number of carbonyl (C=O) groups is 1. The van der Waals surface area contributed by atoms with Crippen molar-refractivity contribution >= 4 is 6.29 Å². The Morgan fingerprint density at radius 1 is 1.20 bits per heavy atom. The van der Waals surface area contributed by atoms with Gasteiger partial charge in [-0.15, -0.1) is 0 Å². The standard InChI is InChI=1S/C10H11F3O2/c11-10(12,13)6-5-9-8(15-9)4-2-1-3-7-14/h1-4,7-9H,5-6H2/b3-1+,4-2-/t8-,9?/m1/s1. The van der Waals surface area contributed by atoms with Crippen molar-refractivity contribution in [1.82, 2.24) is 0 Å². The van der Waals surface area contributed by atoms with Crippen molar-refractivity contribution in [3.05, 3.63) is 24.3 Å². The summed E-state index contributed by atoms with van der Waals surface area (Å²) in [4.78, 5) is 9.87. The highest BCUT2D eigenvalue weighted by molar-refractivity contribution is 5.65. The fraction of sp³-hybridized carbons (Fsp3) is 0.500. The first-order chi connectivity index (χ1) is 7.03. The molecular weight excluding hydrogens is 209 g/mol. The minimum Gasteiger partial charge on any atom is -0.365 e. The van der Waals surface area contributed by atoms with Gasteiger partial charge in [0.25, 0.3) is 0 Å². The van der Waals surface area contributed by atoms with Gasteiger partial charge in [-0.1, -0.05) is 18.2 Å². The minimum absolute atomic E-state index is 0.00407. The Balaban J connectivity index is 2.15. The van der Waals surface area contributed by atoms with Crippen molar-refractivity contribution in [3.63, 3.8) is 0 Å². The van der Waals surface area contributed by atoms with Crippen molar-refractivity contribution in [2.45, 2.75) is 31.2 Å². The molecule has 1 unspecified atom stereocenters. The van der Waals surface area contributed by atoms with E-state index in [0.29, 0.717) is 6.29 Å². The van der Waals surface area contributed by atoms with E-state index >= 15 is 0 Å². The van der Waals surface area contributed by atoms with Gasteiger partial charge in [0.1, 0.15) is 12.4 Å². The number of alkyl halides is 3. The van der Waals surface area contributed by atoms with Crippen LogP contribution >= 0.6 is 0 Å². The van der Waals surface area contributed by atoms with Crippen LogP contribution in [0.1, 0.15) is 12.8 Å². The molecule has 0 spiro atoms.